The van der Waals surface area contributed by atoms with Crippen molar-refractivity contribution in [1.29, 1.82) is 0 Å². The predicted octanol–water partition coefficient (Wildman–Crippen LogP) is 1.26. The Morgan fingerprint density at radius 3 is 2.71 bits per heavy atom. The SMILES string of the molecule is CCC1(C)NC(=O)CCN(C(C)CSC)C1=O. The largest absolute Gasteiger partial charge is 0.342 e. The lowest BCUT2D eigenvalue weighted by Crippen LogP contribution is -2.56. The molecule has 0 aromatic carbocycles. The van der Waals surface area contributed by atoms with E-state index in [1.54, 1.807) is 11.8 Å². The van der Waals surface area contributed by atoms with Crippen LogP contribution in [0.4, 0.5) is 0 Å². The van der Waals surface area contributed by atoms with E-state index in [4.69, 9.17) is 0 Å². The summed E-state index contributed by atoms with van der Waals surface area (Å²) in [5.41, 5.74) is -0.736. The number of rotatable bonds is 4. The number of hydrogen-bond acceptors (Lipinski definition) is 3. The maximum absolute atomic E-state index is 12.5. The van der Waals surface area contributed by atoms with E-state index in [-0.39, 0.29) is 17.9 Å². The molecule has 2 unspecified atom stereocenters. The number of hydrogen-bond donors (Lipinski definition) is 1. The first-order valence-corrected chi connectivity index (χ1v) is 7.45. The van der Waals surface area contributed by atoms with Crippen molar-refractivity contribution in [3.63, 3.8) is 0 Å². The molecule has 0 saturated carbocycles. The van der Waals surface area contributed by atoms with Crippen LogP contribution >= 0.6 is 11.8 Å². The third-order valence-electron chi connectivity index (χ3n) is 3.37. The summed E-state index contributed by atoms with van der Waals surface area (Å²) >= 11 is 1.72. The van der Waals surface area contributed by atoms with Crippen LogP contribution in [0.5, 0.6) is 0 Å². The van der Waals surface area contributed by atoms with Gasteiger partial charge in [-0.25, -0.2) is 0 Å². The zero-order valence-corrected chi connectivity index (χ0v) is 11.9. The van der Waals surface area contributed by atoms with Crippen LogP contribution in [-0.4, -0.2) is 46.8 Å². The zero-order chi connectivity index (χ0) is 13.1. The van der Waals surface area contributed by atoms with Crippen molar-refractivity contribution in [1.82, 2.24) is 10.2 Å². The summed E-state index contributed by atoms with van der Waals surface area (Å²) in [6.07, 6.45) is 3.06. The van der Waals surface area contributed by atoms with Crippen molar-refractivity contribution in [3.8, 4) is 0 Å². The molecule has 0 aromatic rings. The number of amides is 2. The van der Waals surface area contributed by atoms with Crippen LogP contribution in [0.1, 0.15) is 33.6 Å². The van der Waals surface area contributed by atoms with Gasteiger partial charge in [0.15, 0.2) is 0 Å². The Kier molecular flexibility index (Phi) is 4.86. The fraction of sp³-hybridized carbons (Fsp3) is 0.833. The number of nitrogens with zero attached hydrogens (tertiary/aromatic N) is 1. The van der Waals surface area contributed by atoms with E-state index >= 15 is 0 Å². The van der Waals surface area contributed by atoms with Crippen molar-refractivity contribution in [2.24, 2.45) is 0 Å². The van der Waals surface area contributed by atoms with Crippen molar-refractivity contribution >= 4 is 23.6 Å². The van der Waals surface area contributed by atoms with Crippen LogP contribution in [0, 0.1) is 0 Å². The second kappa shape index (κ2) is 5.76. The summed E-state index contributed by atoms with van der Waals surface area (Å²) in [6.45, 7) is 6.32. The average molecular weight is 258 g/mol. The maximum Gasteiger partial charge on any atom is 0.248 e. The summed E-state index contributed by atoms with van der Waals surface area (Å²) in [4.78, 5) is 25.9. The molecular weight excluding hydrogens is 236 g/mol. The molecule has 0 bridgehead atoms. The Bertz CT molecular complexity index is 309. The van der Waals surface area contributed by atoms with Gasteiger partial charge in [0, 0.05) is 24.8 Å². The van der Waals surface area contributed by atoms with Crippen LogP contribution in [-0.2, 0) is 9.59 Å². The molecule has 0 aromatic heterocycles. The van der Waals surface area contributed by atoms with Gasteiger partial charge in [-0.1, -0.05) is 6.92 Å². The van der Waals surface area contributed by atoms with Gasteiger partial charge in [0.05, 0.1) is 0 Å². The molecule has 1 rings (SSSR count). The van der Waals surface area contributed by atoms with Crippen LogP contribution in [0.2, 0.25) is 0 Å². The van der Waals surface area contributed by atoms with E-state index in [9.17, 15) is 9.59 Å². The Morgan fingerprint density at radius 1 is 1.53 bits per heavy atom. The molecule has 1 aliphatic heterocycles. The van der Waals surface area contributed by atoms with Crippen LogP contribution in [0.25, 0.3) is 0 Å². The molecule has 98 valence electrons. The third kappa shape index (κ3) is 3.15. The van der Waals surface area contributed by atoms with Gasteiger partial charge in [0.2, 0.25) is 11.8 Å². The summed E-state index contributed by atoms with van der Waals surface area (Å²) in [7, 11) is 0. The normalized spacial score (nSPS) is 27.6. The molecule has 2 atom stereocenters. The van der Waals surface area contributed by atoms with E-state index in [0.29, 0.717) is 19.4 Å². The minimum absolute atomic E-state index is 0.0263. The Labute approximate surface area is 108 Å². The molecule has 5 heteroatoms. The topological polar surface area (TPSA) is 49.4 Å². The average Bonchev–Trinajstić information content (AvgIpc) is 2.39. The highest BCUT2D eigenvalue weighted by atomic mass is 32.2. The first kappa shape index (κ1) is 14.4. The predicted molar refractivity (Wildman–Crippen MR) is 71.0 cm³/mol. The molecule has 1 fully saturated rings. The Balaban J connectivity index is 2.91. The van der Waals surface area contributed by atoms with E-state index in [0.717, 1.165) is 5.75 Å². The van der Waals surface area contributed by atoms with Gasteiger partial charge in [0.25, 0.3) is 0 Å². The first-order chi connectivity index (χ1) is 7.94. The lowest BCUT2D eigenvalue weighted by atomic mass is 9.97. The molecule has 0 aliphatic carbocycles. The molecular formula is C12H22N2O2S. The Morgan fingerprint density at radius 2 is 2.18 bits per heavy atom. The molecule has 1 heterocycles. The van der Waals surface area contributed by atoms with Gasteiger partial charge in [-0.05, 0) is 26.5 Å². The summed E-state index contributed by atoms with van der Waals surface area (Å²) in [5.74, 6) is 0.925. The van der Waals surface area contributed by atoms with Crippen molar-refractivity contribution in [2.45, 2.75) is 45.2 Å². The number of nitrogens with one attached hydrogen (secondary N) is 1. The summed E-state index contributed by atoms with van der Waals surface area (Å²) in [6, 6.07) is 0.177. The van der Waals surface area contributed by atoms with E-state index < -0.39 is 5.54 Å². The van der Waals surface area contributed by atoms with Gasteiger partial charge in [-0.2, -0.15) is 11.8 Å². The van der Waals surface area contributed by atoms with E-state index in [1.165, 1.54) is 0 Å². The molecule has 1 saturated heterocycles. The summed E-state index contributed by atoms with van der Waals surface area (Å²) in [5, 5.41) is 2.84. The lowest BCUT2D eigenvalue weighted by Gasteiger charge is -2.34. The smallest absolute Gasteiger partial charge is 0.248 e. The molecule has 2 amide bonds. The van der Waals surface area contributed by atoms with Gasteiger partial charge < -0.3 is 10.2 Å². The first-order valence-electron chi connectivity index (χ1n) is 6.05. The molecule has 17 heavy (non-hydrogen) atoms. The van der Waals surface area contributed by atoms with Crippen molar-refractivity contribution in [2.75, 3.05) is 18.6 Å². The van der Waals surface area contributed by atoms with Gasteiger partial charge >= 0.3 is 0 Å². The van der Waals surface area contributed by atoms with Crippen LogP contribution < -0.4 is 5.32 Å². The zero-order valence-electron chi connectivity index (χ0n) is 11.1. The van der Waals surface area contributed by atoms with Gasteiger partial charge in [-0.3, -0.25) is 9.59 Å². The van der Waals surface area contributed by atoms with Crippen molar-refractivity contribution < 1.29 is 9.59 Å². The van der Waals surface area contributed by atoms with Gasteiger partial charge in [0.1, 0.15) is 5.54 Å². The number of thioether (sulfide) groups is 1. The van der Waals surface area contributed by atoms with Crippen LogP contribution in [0.3, 0.4) is 0 Å². The second-order valence-electron chi connectivity index (χ2n) is 4.79. The molecule has 0 spiro atoms. The number of carbonyl (C=O) groups is 2. The quantitative estimate of drug-likeness (QED) is 0.826. The molecule has 4 nitrogen and oxygen atoms in total. The highest BCUT2D eigenvalue weighted by Crippen LogP contribution is 2.20. The molecule has 1 aliphatic rings. The van der Waals surface area contributed by atoms with Crippen LogP contribution in [0.15, 0.2) is 0 Å². The second-order valence-corrected chi connectivity index (χ2v) is 5.70. The fourth-order valence-corrected chi connectivity index (χ4v) is 2.72. The standard InChI is InChI=1S/C12H22N2O2S/c1-5-12(3)11(16)14(9(2)8-17-4)7-6-10(15)13-12/h9H,5-8H2,1-4H3,(H,13,15). The van der Waals surface area contributed by atoms with E-state index in [2.05, 4.69) is 5.32 Å². The maximum atomic E-state index is 12.5. The minimum atomic E-state index is -0.736. The Hall–Kier alpha value is -0.710. The van der Waals surface area contributed by atoms with Crippen molar-refractivity contribution in [3.05, 3.63) is 0 Å². The lowest BCUT2D eigenvalue weighted by molar-refractivity contribution is -0.139. The molecule has 0 radical (unpaired) electrons. The number of carbonyl (C=O) groups excluding carboxylic acids is 2. The fourth-order valence-electron chi connectivity index (χ4n) is 2.06. The highest BCUT2D eigenvalue weighted by Gasteiger charge is 2.40. The highest BCUT2D eigenvalue weighted by molar-refractivity contribution is 7.98. The monoisotopic (exact) mass is 258 g/mol. The third-order valence-corrected chi connectivity index (χ3v) is 4.19. The summed E-state index contributed by atoms with van der Waals surface area (Å²) < 4.78 is 0. The molecule has 1 N–H and O–H groups in total. The van der Waals surface area contributed by atoms with Gasteiger partial charge in [-0.15, -0.1) is 0 Å². The minimum Gasteiger partial charge on any atom is -0.342 e. The van der Waals surface area contributed by atoms with E-state index in [1.807, 2.05) is 31.9 Å².